The average Bonchev–Trinajstić information content (AvgIpc) is 2.61. The maximum atomic E-state index is 13.0. The molecule has 0 aliphatic carbocycles. The fourth-order valence-electron chi connectivity index (χ4n) is 2.97. The van der Waals surface area contributed by atoms with Gasteiger partial charge in [-0.1, -0.05) is 34.8 Å². The highest BCUT2D eigenvalue weighted by molar-refractivity contribution is 6.51. The summed E-state index contributed by atoms with van der Waals surface area (Å²) in [6, 6.07) is 5.12. The first-order valence-electron chi connectivity index (χ1n) is 7.87. The maximum absolute atomic E-state index is 13.0. The number of hydrogen-bond donors (Lipinski definition) is 1. The van der Waals surface area contributed by atoms with E-state index >= 15 is 0 Å². The van der Waals surface area contributed by atoms with Crippen LogP contribution in [0.15, 0.2) is 27.4 Å². The third kappa shape index (κ3) is 2.80. The number of halogens is 3. The number of aromatic carboxylic acids is 1. The van der Waals surface area contributed by atoms with Crippen molar-refractivity contribution >= 4 is 68.4 Å². The standard InChI is InChI=1S/C18H14Cl3NO4/c1-3-22(4-2)8-5-6-9-10(7-8)26-17-12(16(9)23)11(18(24)25)13(19)14(20)15(17)21/h5-7H,3-4H2,1-2H3,(H,24,25). The molecule has 0 radical (unpaired) electrons. The second-order valence-corrected chi connectivity index (χ2v) is 6.74. The second kappa shape index (κ2) is 6.99. The van der Waals surface area contributed by atoms with E-state index in [-0.39, 0.29) is 31.4 Å². The number of anilines is 1. The van der Waals surface area contributed by atoms with Gasteiger partial charge in [-0.05, 0) is 26.0 Å². The Kier molecular flexibility index (Phi) is 5.06. The molecule has 0 fully saturated rings. The van der Waals surface area contributed by atoms with Crippen LogP contribution < -0.4 is 10.3 Å². The molecule has 1 heterocycles. The quantitative estimate of drug-likeness (QED) is 0.454. The van der Waals surface area contributed by atoms with Gasteiger partial charge in [0.2, 0.25) is 5.43 Å². The van der Waals surface area contributed by atoms with Crippen LogP contribution in [-0.2, 0) is 0 Å². The first-order chi connectivity index (χ1) is 12.3. The van der Waals surface area contributed by atoms with Gasteiger partial charge in [0.25, 0.3) is 0 Å². The zero-order valence-corrected chi connectivity index (χ0v) is 16.2. The number of fused-ring (bicyclic) bond motifs is 2. The van der Waals surface area contributed by atoms with Gasteiger partial charge < -0.3 is 14.4 Å². The van der Waals surface area contributed by atoms with Crippen molar-refractivity contribution < 1.29 is 14.3 Å². The van der Waals surface area contributed by atoms with Crippen LogP contribution in [0.2, 0.25) is 15.1 Å². The summed E-state index contributed by atoms with van der Waals surface area (Å²) in [7, 11) is 0. The maximum Gasteiger partial charge on any atom is 0.338 e. The van der Waals surface area contributed by atoms with Crippen LogP contribution >= 0.6 is 34.8 Å². The summed E-state index contributed by atoms with van der Waals surface area (Å²) in [4.78, 5) is 26.7. The van der Waals surface area contributed by atoms with Crippen LogP contribution in [0.25, 0.3) is 21.9 Å². The Hall–Kier alpha value is -1.95. The van der Waals surface area contributed by atoms with Crippen LogP contribution in [0.3, 0.4) is 0 Å². The molecule has 3 rings (SSSR count). The molecule has 1 aromatic heterocycles. The van der Waals surface area contributed by atoms with Gasteiger partial charge in [-0.15, -0.1) is 0 Å². The van der Waals surface area contributed by atoms with Crippen molar-refractivity contribution in [2.45, 2.75) is 13.8 Å². The van der Waals surface area contributed by atoms with Gasteiger partial charge in [-0.3, -0.25) is 4.79 Å². The van der Waals surface area contributed by atoms with E-state index in [1.165, 1.54) is 0 Å². The Morgan fingerprint density at radius 2 is 1.77 bits per heavy atom. The molecule has 136 valence electrons. The van der Waals surface area contributed by atoms with Crippen LogP contribution in [0, 0.1) is 0 Å². The van der Waals surface area contributed by atoms with E-state index in [4.69, 9.17) is 39.2 Å². The predicted octanol–water partition coefficient (Wildman–Crippen LogP) is 5.45. The highest BCUT2D eigenvalue weighted by atomic mass is 35.5. The zero-order valence-electron chi connectivity index (χ0n) is 13.9. The molecule has 0 bridgehead atoms. The Labute approximate surface area is 163 Å². The molecule has 0 unspecified atom stereocenters. The Balaban J connectivity index is 2.49. The van der Waals surface area contributed by atoms with Crippen molar-refractivity contribution in [3.63, 3.8) is 0 Å². The normalized spacial score (nSPS) is 11.3. The topological polar surface area (TPSA) is 70.8 Å². The first-order valence-corrected chi connectivity index (χ1v) is 9.00. The smallest absolute Gasteiger partial charge is 0.338 e. The van der Waals surface area contributed by atoms with Crippen molar-refractivity contribution in [2.24, 2.45) is 0 Å². The summed E-state index contributed by atoms with van der Waals surface area (Å²) in [5, 5.41) is 8.98. The van der Waals surface area contributed by atoms with Gasteiger partial charge in [0, 0.05) is 24.8 Å². The van der Waals surface area contributed by atoms with Crippen LogP contribution in [0.4, 0.5) is 5.69 Å². The molecule has 1 N–H and O–H groups in total. The second-order valence-electron chi connectivity index (χ2n) is 5.61. The number of rotatable bonds is 4. The molecule has 0 atom stereocenters. The minimum atomic E-state index is -1.38. The molecule has 0 saturated heterocycles. The minimum absolute atomic E-state index is 0.0901. The van der Waals surface area contributed by atoms with Gasteiger partial charge in [0.1, 0.15) is 10.6 Å². The fraction of sp³-hybridized carbons (Fsp3) is 0.222. The minimum Gasteiger partial charge on any atom is -0.478 e. The predicted molar refractivity (Wildman–Crippen MR) is 106 cm³/mol. The number of carbonyl (C=O) groups is 1. The first kappa shape index (κ1) is 18.8. The molecular weight excluding hydrogens is 401 g/mol. The van der Waals surface area contributed by atoms with Gasteiger partial charge in [-0.2, -0.15) is 0 Å². The summed E-state index contributed by atoms with van der Waals surface area (Å²) in [5.74, 6) is -1.38. The molecule has 0 amide bonds. The number of carboxylic acids is 1. The lowest BCUT2D eigenvalue weighted by atomic mass is 10.1. The van der Waals surface area contributed by atoms with Crippen molar-refractivity contribution in [2.75, 3.05) is 18.0 Å². The van der Waals surface area contributed by atoms with Crippen LogP contribution in [0.5, 0.6) is 0 Å². The van der Waals surface area contributed by atoms with Crippen LogP contribution in [-0.4, -0.2) is 24.2 Å². The SMILES string of the molecule is CCN(CC)c1ccc2c(=O)c3c(C(=O)O)c(Cl)c(Cl)c(Cl)c3oc2c1. The van der Waals surface area contributed by atoms with Crippen LogP contribution in [0.1, 0.15) is 24.2 Å². The van der Waals surface area contributed by atoms with Crippen molar-refractivity contribution in [1.29, 1.82) is 0 Å². The Morgan fingerprint density at radius 1 is 1.12 bits per heavy atom. The molecule has 0 aliphatic rings. The highest BCUT2D eigenvalue weighted by Gasteiger charge is 2.25. The Morgan fingerprint density at radius 3 is 2.35 bits per heavy atom. The van der Waals surface area contributed by atoms with E-state index < -0.39 is 17.0 Å². The fourth-order valence-corrected chi connectivity index (χ4v) is 3.69. The van der Waals surface area contributed by atoms with E-state index in [0.717, 1.165) is 18.8 Å². The van der Waals surface area contributed by atoms with Gasteiger partial charge in [-0.25, -0.2) is 4.79 Å². The largest absolute Gasteiger partial charge is 0.478 e. The Bertz CT molecular complexity index is 1100. The monoisotopic (exact) mass is 413 g/mol. The molecule has 0 spiro atoms. The average molecular weight is 415 g/mol. The molecule has 2 aromatic carbocycles. The van der Waals surface area contributed by atoms with Crippen molar-refractivity contribution in [1.82, 2.24) is 0 Å². The lowest BCUT2D eigenvalue weighted by Crippen LogP contribution is -2.21. The summed E-state index contributed by atoms with van der Waals surface area (Å²) in [6.07, 6.45) is 0. The molecule has 0 saturated carbocycles. The number of nitrogens with zero attached hydrogens (tertiary/aromatic N) is 1. The summed E-state index contributed by atoms with van der Waals surface area (Å²) in [5.41, 5.74) is 0.139. The van der Waals surface area contributed by atoms with Crippen molar-refractivity contribution in [3.05, 3.63) is 49.1 Å². The molecule has 26 heavy (non-hydrogen) atoms. The van der Waals surface area contributed by atoms with E-state index in [2.05, 4.69) is 4.90 Å². The van der Waals surface area contributed by atoms with Gasteiger partial charge in [0.15, 0.2) is 5.58 Å². The molecule has 5 nitrogen and oxygen atoms in total. The molecular formula is C18H14Cl3NO4. The van der Waals surface area contributed by atoms with Gasteiger partial charge in [0.05, 0.1) is 26.4 Å². The molecule has 3 aromatic rings. The van der Waals surface area contributed by atoms with E-state index in [0.29, 0.717) is 5.58 Å². The van der Waals surface area contributed by atoms with Gasteiger partial charge >= 0.3 is 5.97 Å². The molecule has 0 aliphatic heterocycles. The lowest BCUT2D eigenvalue weighted by molar-refractivity contribution is 0.0699. The third-order valence-corrected chi connectivity index (χ3v) is 5.58. The van der Waals surface area contributed by atoms with E-state index in [1.807, 2.05) is 13.8 Å². The van der Waals surface area contributed by atoms with Crippen molar-refractivity contribution in [3.8, 4) is 0 Å². The van der Waals surface area contributed by atoms with E-state index in [1.54, 1.807) is 18.2 Å². The highest BCUT2D eigenvalue weighted by Crippen LogP contribution is 2.40. The summed E-state index contributed by atoms with van der Waals surface area (Å²) >= 11 is 18.2. The summed E-state index contributed by atoms with van der Waals surface area (Å²) in [6.45, 7) is 5.60. The number of carboxylic acid groups (broad SMARTS) is 1. The number of benzene rings is 2. The lowest BCUT2D eigenvalue weighted by Gasteiger charge is -2.21. The number of hydrogen-bond acceptors (Lipinski definition) is 4. The van der Waals surface area contributed by atoms with E-state index in [9.17, 15) is 14.7 Å². The summed E-state index contributed by atoms with van der Waals surface area (Å²) < 4.78 is 5.80. The zero-order chi connectivity index (χ0) is 19.2. The third-order valence-electron chi connectivity index (χ3n) is 4.27. The molecule has 8 heteroatoms.